The van der Waals surface area contributed by atoms with E-state index >= 15 is 0 Å². The van der Waals surface area contributed by atoms with Crippen molar-refractivity contribution in [3.8, 4) is 22.3 Å². The maximum Gasteiger partial charge on any atom is 0.0540 e. The lowest BCUT2D eigenvalue weighted by molar-refractivity contribution is 1.28. The van der Waals surface area contributed by atoms with Crippen LogP contribution in [0, 0.1) is 0 Å². The summed E-state index contributed by atoms with van der Waals surface area (Å²) in [5.74, 6) is 0. The van der Waals surface area contributed by atoms with Gasteiger partial charge in [-0.25, -0.2) is 0 Å². The zero-order valence-electron chi connectivity index (χ0n) is 21.7. The molecule has 186 valence electrons. The van der Waals surface area contributed by atoms with Crippen LogP contribution < -0.4 is 4.90 Å². The molecule has 0 aliphatic carbocycles. The summed E-state index contributed by atoms with van der Waals surface area (Å²) in [5.41, 5.74) is 10.4. The fourth-order valence-corrected chi connectivity index (χ4v) is 5.03. The Balaban J connectivity index is 1.60. The largest absolute Gasteiger partial charge is 0.309 e. The molecule has 0 N–H and O–H groups in total. The average Bonchev–Trinajstić information content (AvgIpc) is 3.03. The smallest absolute Gasteiger partial charge is 0.0540 e. The third-order valence-corrected chi connectivity index (χ3v) is 6.89. The molecule has 1 heteroatoms. The zero-order chi connectivity index (χ0) is 26.3. The van der Waals surface area contributed by atoms with Gasteiger partial charge in [-0.2, -0.15) is 0 Å². The van der Waals surface area contributed by atoms with E-state index in [9.17, 15) is 0 Å². The second-order valence-corrected chi connectivity index (χ2v) is 9.40. The molecule has 0 spiro atoms. The maximum atomic E-state index is 2.41. The van der Waals surface area contributed by atoms with Gasteiger partial charge in [-0.05, 0) is 40.5 Å². The van der Waals surface area contributed by atoms with Gasteiger partial charge in [-0.1, -0.05) is 158 Å². The fourth-order valence-electron chi connectivity index (χ4n) is 5.03. The molecule has 0 amide bonds. The van der Waals surface area contributed by atoms with Crippen LogP contribution in [0.25, 0.3) is 34.4 Å². The molecule has 6 rings (SSSR count). The predicted molar refractivity (Wildman–Crippen MR) is 167 cm³/mol. The standard InChI is InChI=1S/C38H29N/c1-4-16-30(17-5-1)28-29-33-22-10-13-25-36(33)39(37-26-14-11-23-34(37)31-18-6-2-7-19-31)38-27-15-12-24-35(38)32-20-8-3-9-21-32/h1-29H/b29-28+. The first kappa shape index (κ1) is 24.2. The summed E-state index contributed by atoms with van der Waals surface area (Å²) in [4.78, 5) is 2.41. The van der Waals surface area contributed by atoms with Crippen LogP contribution in [0.5, 0.6) is 0 Å². The van der Waals surface area contributed by atoms with E-state index in [4.69, 9.17) is 0 Å². The van der Waals surface area contributed by atoms with Crippen LogP contribution in [0.1, 0.15) is 11.1 Å². The Morgan fingerprint density at radius 1 is 0.333 bits per heavy atom. The quantitative estimate of drug-likeness (QED) is 0.197. The summed E-state index contributed by atoms with van der Waals surface area (Å²) in [7, 11) is 0. The number of hydrogen-bond donors (Lipinski definition) is 0. The lowest BCUT2D eigenvalue weighted by atomic mass is 9.98. The number of hydrogen-bond acceptors (Lipinski definition) is 1. The summed E-state index contributed by atoms with van der Waals surface area (Å²) in [6.45, 7) is 0. The number of nitrogens with zero attached hydrogens (tertiary/aromatic N) is 1. The Bertz CT molecular complexity index is 1600. The zero-order valence-corrected chi connectivity index (χ0v) is 21.7. The summed E-state index contributed by atoms with van der Waals surface area (Å²) in [6, 6.07) is 57.7. The SMILES string of the molecule is C(=C\c1ccccc1N(c1ccccc1-c1ccccc1)c1ccccc1-c1ccccc1)/c1ccccc1. The molecule has 0 heterocycles. The minimum atomic E-state index is 1.12. The van der Waals surface area contributed by atoms with Crippen LogP contribution in [-0.4, -0.2) is 0 Å². The van der Waals surface area contributed by atoms with Gasteiger partial charge >= 0.3 is 0 Å². The summed E-state index contributed by atoms with van der Waals surface area (Å²) in [5, 5.41) is 0. The van der Waals surface area contributed by atoms with Crippen LogP contribution in [-0.2, 0) is 0 Å². The van der Waals surface area contributed by atoms with Gasteiger partial charge in [0.15, 0.2) is 0 Å². The van der Waals surface area contributed by atoms with Crippen molar-refractivity contribution in [1.82, 2.24) is 0 Å². The first-order chi connectivity index (χ1) is 19.4. The molecule has 0 atom stereocenters. The number of anilines is 3. The predicted octanol–water partition coefficient (Wildman–Crippen LogP) is 10.7. The van der Waals surface area contributed by atoms with Crippen molar-refractivity contribution in [2.24, 2.45) is 0 Å². The Hall–Kier alpha value is -5.14. The molecule has 0 unspecified atom stereocenters. The average molecular weight is 500 g/mol. The minimum absolute atomic E-state index is 1.12. The first-order valence-corrected chi connectivity index (χ1v) is 13.3. The van der Waals surface area contributed by atoms with Gasteiger partial charge < -0.3 is 4.90 Å². The van der Waals surface area contributed by atoms with E-state index in [0.29, 0.717) is 0 Å². The normalized spacial score (nSPS) is 11.0. The van der Waals surface area contributed by atoms with Crippen molar-refractivity contribution in [2.75, 3.05) is 4.90 Å². The van der Waals surface area contributed by atoms with E-state index in [1.165, 1.54) is 27.8 Å². The monoisotopic (exact) mass is 499 g/mol. The molecule has 6 aromatic rings. The van der Waals surface area contributed by atoms with Crippen molar-refractivity contribution in [1.29, 1.82) is 0 Å². The van der Waals surface area contributed by atoms with E-state index in [1.54, 1.807) is 0 Å². The van der Waals surface area contributed by atoms with Gasteiger partial charge in [-0.15, -0.1) is 0 Å². The number of para-hydroxylation sites is 3. The Kier molecular flexibility index (Phi) is 7.14. The third kappa shape index (κ3) is 5.30. The van der Waals surface area contributed by atoms with Crippen LogP contribution in [0.2, 0.25) is 0 Å². The van der Waals surface area contributed by atoms with Gasteiger partial charge in [-0.3, -0.25) is 0 Å². The Labute approximate surface area is 231 Å². The van der Waals surface area contributed by atoms with Crippen molar-refractivity contribution < 1.29 is 0 Å². The van der Waals surface area contributed by atoms with Crippen LogP contribution in [0.3, 0.4) is 0 Å². The summed E-state index contributed by atoms with van der Waals surface area (Å²) >= 11 is 0. The minimum Gasteiger partial charge on any atom is -0.309 e. The second kappa shape index (κ2) is 11.5. The highest BCUT2D eigenvalue weighted by molar-refractivity contribution is 5.95. The van der Waals surface area contributed by atoms with Gasteiger partial charge in [0.05, 0.1) is 17.1 Å². The third-order valence-electron chi connectivity index (χ3n) is 6.89. The van der Waals surface area contributed by atoms with E-state index in [1.807, 2.05) is 6.07 Å². The Morgan fingerprint density at radius 3 is 1.28 bits per heavy atom. The van der Waals surface area contributed by atoms with Crippen LogP contribution >= 0.6 is 0 Å². The lowest BCUT2D eigenvalue weighted by Crippen LogP contribution is -2.13. The molecule has 0 bridgehead atoms. The molecule has 39 heavy (non-hydrogen) atoms. The summed E-state index contributed by atoms with van der Waals surface area (Å²) in [6.07, 6.45) is 4.40. The van der Waals surface area contributed by atoms with Gasteiger partial charge in [0, 0.05) is 11.1 Å². The number of benzene rings is 6. The molecule has 1 nitrogen and oxygen atoms in total. The second-order valence-electron chi connectivity index (χ2n) is 9.40. The van der Waals surface area contributed by atoms with Crippen LogP contribution in [0.4, 0.5) is 17.1 Å². The van der Waals surface area contributed by atoms with Gasteiger partial charge in [0.25, 0.3) is 0 Å². The fraction of sp³-hybridized carbons (Fsp3) is 0. The van der Waals surface area contributed by atoms with Crippen molar-refractivity contribution >= 4 is 29.2 Å². The highest BCUT2D eigenvalue weighted by atomic mass is 15.1. The molecule has 6 aromatic carbocycles. The molecular weight excluding hydrogens is 470 g/mol. The van der Waals surface area contributed by atoms with E-state index in [0.717, 1.165) is 22.6 Å². The molecule has 0 saturated heterocycles. The van der Waals surface area contributed by atoms with E-state index in [2.05, 4.69) is 175 Å². The molecular formula is C38H29N. The lowest BCUT2D eigenvalue weighted by Gasteiger charge is -2.31. The summed E-state index contributed by atoms with van der Waals surface area (Å²) < 4.78 is 0. The van der Waals surface area contributed by atoms with Crippen molar-refractivity contribution in [3.05, 3.63) is 175 Å². The topological polar surface area (TPSA) is 3.24 Å². The molecule has 0 aliphatic heterocycles. The van der Waals surface area contributed by atoms with Crippen LogP contribution in [0.15, 0.2) is 164 Å². The first-order valence-electron chi connectivity index (χ1n) is 13.3. The van der Waals surface area contributed by atoms with E-state index in [-0.39, 0.29) is 0 Å². The molecule has 0 saturated carbocycles. The van der Waals surface area contributed by atoms with Gasteiger partial charge in [0.1, 0.15) is 0 Å². The highest BCUT2D eigenvalue weighted by Crippen LogP contribution is 2.45. The van der Waals surface area contributed by atoms with E-state index < -0.39 is 0 Å². The van der Waals surface area contributed by atoms with Crippen molar-refractivity contribution in [3.63, 3.8) is 0 Å². The number of rotatable bonds is 7. The highest BCUT2D eigenvalue weighted by Gasteiger charge is 2.21. The molecule has 0 aromatic heterocycles. The van der Waals surface area contributed by atoms with Gasteiger partial charge in [0.2, 0.25) is 0 Å². The molecule has 0 radical (unpaired) electrons. The van der Waals surface area contributed by atoms with Crippen molar-refractivity contribution in [2.45, 2.75) is 0 Å². The Morgan fingerprint density at radius 2 is 0.744 bits per heavy atom. The molecule has 0 fully saturated rings. The maximum absolute atomic E-state index is 2.41. The molecule has 0 aliphatic rings.